The second-order valence-electron chi connectivity index (χ2n) is 5.03. The van der Waals surface area contributed by atoms with E-state index in [-0.39, 0.29) is 5.91 Å². The Morgan fingerprint density at radius 2 is 2.17 bits per heavy atom. The number of rotatable bonds is 6. The monoisotopic (exact) mass is 406 g/mol. The summed E-state index contributed by atoms with van der Waals surface area (Å²) in [6.45, 7) is 1.78. The summed E-state index contributed by atoms with van der Waals surface area (Å²) in [4.78, 5) is 16.3. The zero-order valence-electron chi connectivity index (χ0n) is 12.9. The third kappa shape index (κ3) is 4.27. The number of thioether (sulfide) groups is 1. The number of benzene rings is 1. The molecule has 0 fully saturated rings. The van der Waals surface area contributed by atoms with Crippen LogP contribution < -0.4 is 5.32 Å². The van der Waals surface area contributed by atoms with E-state index in [0.717, 1.165) is 15.3 Å². The molecule has 0 saturated heterocycles. The number of amides is 1. The van der Waals surface area contributed by atoms with Gasteiger partial charge in [-0.05, 0) is 31.2 Å². The fraction of sp³-hybridized carbons (Fsp3) is 0.188. The van der Waals surface area contributed by atoms with Crippen LogP contribution in [0.2, 0.25) is 0 Å². The first-order chi connectivity index (χ1) is 11.6. The van der Waals surface area contributed by atoms with Gasteiger partial charge in [0.25, 0.3) is 0 Å². The molecule has 0 bridgehead atoms. The number of aromatic nitrogens is 3. The molecule has 3 aromatic rings. The number of halogens is 1. The minimum atomic E-state index is -0.0995. The fourth-order valence-corrected chi connectivity index (χ4v) is 3.24. The molecular formula is C16H15BrN4O2S. The minimum absolute atomic E-state index is 0.0995. The van der Waals surface area contributed by atoms with E-state index in [1.54, 1.807) is 19.2 Å². The Bertz CT molecular complexity index is 829. The maximum Gasteiger partial charge on any atom is 0.226 e. The molecule has 0 aliphatic heterocycles. The van der Waals surface area contributed by atoms with Crippen molar-refractivity contribution in [3.05, 3.63) is 53.0 Å². The van der Waals surface area contributed by atoms with Crippen molar-refractivity contribution in [2.75, 3.05) is 11.1 Å². The van der Waals surface area contributed by atoms with Gasteiger partial charge < -0.3 is 9.84 Å². The van der Waals surface area contributed by atoms with Crippen molar-refractivity contribution in [2.45, 2.75) is 18.5 Å². The summed E-state index contributed by atoms with van der Waals surface area (Å²) >= 11 is 4.96. The zero-order chi connectivity index (χ0) is 16.9. The van der Waals surface area contributed by atoms with Gasteiger partial charge in [-0.25, -0.2) is 4.98 Å². The number of aryl methyl sites for hydroxylation is 1. The number of carbonyl (C=O) groups is 1. The summed E-state index contributed by atoms with van der Waals surface area (Å²) in [5, 5.41) is 7.30. The van der Waals surface area contributed by atoms with Crippen molar-refractivity contribution in [1.29, 1.82) is 0 Å². The first-order valence-corrected chi connectivity index (χ1v) is 9.05. The van der Waals surface area contributed by atoms with Crippen molar-refractivity contribution in [2.24, 2.45) is 0 Å². The summed E-state index contributed by atoms with van der Waals surface area (Å²) in [5.41, 5.74) is 1.03. The van der Waals surface area contributed by atoms with Gasteiger partial charge in [0.1, 0.15) is 5.76 Å². The Morgan fingerprint density at radius 1 is 1.38 bits per heavy atom. The van der Waals surface area contributed by atoms with Crippen LogP contribution in [0.4, 0.5) is 5.82 Å². The van der Waals surface area contributed by atoms with Crippen molar-refractivity contribution >= 4 is 39.4 Å². The molecule has 0 radical (unpaired) electrons. The molecule has 24 heavy (non-hydrogen) atoms. The van der Waals surface area contributed by atoms with Gasteiger partial charge in [-0.3, -0.25) is 9.36 Å². The molecule has 1 aromatic carbocycles. The van der Waals surface area contributed by atoms with Crippen LogP contribution in [-0.2, 0) is 4.79 Å². The van der Waals surface area contributed by atoms with Crippen LogP contribution in [0.25, 0.3) is 5.69 Å². The smallest absolute Gasteiger partial charge is 0.226 e. The lowest BCUT2D eigenvalue weighted by atomic mass is 10.3. The van der Waals surface area contributed by atoms with E-state index >= 15 is 0 Å². The Hall–Kier alpha value is -2.06. The summed E-state index contributed by atoms with van der Waals surface area (Å²) < 4.78 is 7.94. The molecular weight excluding hydrogens is 392 g/mol. The molecule has 2 heterocycles. The average Bonchev–Trinajstić information content (AvgIpc) is 3.17. The number of hydrogen-bond donors (Lipinski definition) is 1. The van der Waals surface area contributed by atoms with E-state index in [1.165, 1.54) is 11.8 Å². The van der Waals surface area contributed by atoms with Crippen LogP contribution in [0.1, 0.15) is 12.2 Å². The maximum atomic E-state index is 11.9. The lowest BCUT2D eigenvalue weighted by Crippen LogP contribution is -2.12. The molecule has 1 N–H and O–H groups in total. The van der Waals surface area contributed by atoms with Gasteiger partial charge >= 0.3 is 0 Å². The number of nitrogens with zero attached hydrogens (tertiary/aromatic N) is 3. The van der Waals surface area contributed by atoms with Crippen LogP contribution in [0.3, 0.4) is 0 Å². The zero-order valence-corrected chi connectivity index (χ0v) is 15.3. The van der Waals surface area contributed by atoms with Gasteiger partial charge in [-0.2, -0.15) is 0 Å². The van der Waals surface area contributed by atoms with E-state index in [0.29, 0.717) is 23.8 Å². The van der Waals surface area contributed by atoms with Crippen LogP contribution >= 0.6 is 27.7 Å². The van der Waals surface area contributed by atoms with E-state index in [2.05, 4.69) is 31.4 Å². The predicted molar refractivity (Wildman–Crippen MR) is 96.5 cm³/mol. The van der Waals surface area contributed by atoms with Crippen LogP contribution in [0.5, 0.6) is 0 Å². The standard InChI is InChI=1S/C16H15BrN4O2S/c1-11-10-14(20-23-11)19-15(22)6-9-24-16-18-7-8-21(16)13-4-2-12(17)3-5-13/h2-5,7-8,10H,6,9H2,1H3,(H,19,20,22). The van der Waals surface area contributed by atoms with Crippen LogP contribution in [0, 0.1) is 6.92 Å². The largest absolute Gasteiger partial charge is 0.360 e. The van der Waals surface area contributed by atoms with E-state index in [9.17, 15) is 4.79 Å². The summed E-state index contributed by atoms with van der Waals surface area (Å²) in [6, 6.07) is 9.67. The molecule has 0 aliphatic rings. The van der Waals surface area contributed by atoms with E-state index < -0.39 is 0 Å². The third-order valence-electron chi connectivity index (χ3n) is 3.17. The second kappa shape index (κ2) is 7.67. The third-order valence-corrected chi connectivity index (χ3v) is 4.66. The molecule has 0 unspecified atom stereocenters. The Morgan fingerprint density at radius 3 is 2.88 bits per heavy atom. The minimum Gasteiger partial charge on any atom is -0.360 e. The van der Waals surface area contributed by atoms with Gasteiger partial charge in [0.15, 0.2) is 11.0 Å². The molecule has 1 amide bonds. The number of nitrogens with one attached hydrogen (secondary N) is 1. The Labute approximate surface area is 151 Å². The maximum absolute atomic E-state index is 11.9. The van der Waals surface area contributed by atoms with Crippen molar-refractivity contribution < 1.29 is 9.32 Å². The van der Waals surface area contributed by atoms with Gasteiger partial charge in [0, 0.05) is 40.8 Å². The molecule has 2 aromatic heterocycles. The first kappa shape index (κ1) is 16.8. The molecule has 0 atom stereocenters. The number of imidazole rings is 1. The van der Waals surface area contributed by atoms with E-state index in [4.69, 9.17) is 4.52 Å². The fourth-order valence-electron chi connectivity index (χ4n) is 2.06. The average molecular weight is 407 g/mol. The quantitative estimate of drug-likeness (QED) is 0.624. The highest BCUT2D eigenvalue weighted by atomic mass is 79.9. The first-order valence-electron chi connectivity index (χ1n) is 7.27. The highest BCUT2D eigenvalue weighted by Crippen LogP contribution is 2.22. The molecule has 0 saturated carbocycles. The highest BCUT2D eigenvalue weighted by molar-refractivity contribution is 9.10. The second-order valence-corrected chi connectivity index (χ2v) is 7.00. The van der Waals surface area contributed by atoms with Gasteiger partial charge in [-0.15, -0.1) is 0 Å². The Balaban J connectivity index is 1.55. The van der Waals surface area contributed by atoms with Crippen molar-refractivity contribution in [1.82, 2.24) is 14.7 Å². The molecule has 0 spiro atoms. The highest BCUT2D eigenvalue weighted by Gasteiger charge is 2.09. The molecule has 8 heteroatoms. The molecule has 6 nitrogen and oxygen atoms in total. The molecule has 124 valence electrons. The van der Waals surface area contributed by atoms with Gasteiger partial charge in [0.2, 0.25) is 5.91 Å². The van der Waals surface area contributed by atoms with Gasteiger partial charge in [0.05, 0.1) is 0 Å². The normalized spacial score (nSPS) is 10.8. The topological polar surface area (TPSA) is 73.0 Å². The summed E-state index contributed by atoms with van der Waals surface area (Å²) in [7, 11) is 0. The van der Waals surface area contributed by atoms with Crippen molar-refractivity contribution in [3.8, 4) is 5.69 Å². The number of hydrogen-bond acceptors (Lipinski definition) is 5. The summed E-state index contributed by atoms with van der Waals surface area (Å²) in [5.74, 6) is 1.63. The predicted octanol–water partition coefficient (Wildman–Crippen LogP) is 4.05. The summed E-state index contributed by atoms with van der Waals surface area (Å²) in [6.07, 6.45) is 4.02. The Kier molecular flexibility index (Phi) is 5.37. The SMILES string of the molecule is Cc1cc(NC(=O)CCSc2nccn2-c2ccc(Br)cc2)no1. The number of anilines is 1. The van der Waals surface area contributed by atoms with Crippen molar-refractivity contribution in [3.63, 3.8) is 0 Å². The molecule has 3 rings (SSSR count). The molecule has 0 aliphatic carbocycles. The lowest BCUT2D eigenvalue weighted by Gasteiger charge is -2.07. The van der Waals surface area contributed by atoms with Gasteiger partial charge in [-0.1, -0.05) is 32.8 Å². The van der Waals surface area contributed by atoms with E-state index in [1.807, 2.05) is 35.0 Å². The number of carbonyl (C=O) groups excluding carboxylic acids is 1. The van der Waals surface area contributed by atoms with Crippen LogP contribution in [0.15, 0.2) is 56.9 Å². The van der Waals surface area contributed by atoms with Crippen LogP contribution in [-0.4, -0.2) is 26.4 Å². The lowest BCUT2D eigenvalue weighted by molar-refractivity contribution is -0.115.